The van der Waals surface area contributed by atoms with Crippen LogP contribution in [0.25, 0.3) is 10.9 Å². The second kappa shape index (κ2) is 6.23. The van der Waals surface area contributed by atoms with Gasteiger partial charge in [-0.15, -0.1) is 11.6 Å². The van der Waals surface area contributed by atoms with Gasteiger partial charge >= 0.3 is 0 Å². The Bertz CT molecular complexity index is 766. The number of benzene rings is 2. The van der Waals surface area contributed by atoms with Crippen molar-refractivity contribution in [3.63, 3.8) is 0 Å². The molecule has 1 atom stereocenters. The van der Waals surface area contributed by atoms with Crippen molar-refractivity contribution >= 4 is 45.7 Å². The Morgan fingerprint density at radius 1 is 0.857 bits per heavy atom. The minimum atomic E-state index is -0.306. The van der Waals surface area contributed by atoms with Crippen molar-refractivity contribution in [1.29, 1.82) is 0 Å². The summed E-state index contributed by atoms with van der Waals surface area (Å²) in [6.07, 6.45) is 0.579. The first-order chi connectivity index (χ1) is 10.1. The van der Waals surface area contributed by atoms with E-state index in [-0.39, 0.29) is 5.38 Å². The summed E-state index contributed by atoms with van der Waals surface area (Å²) in [5.41, 5.74) is 2.64. The number of hydrogen-bond donors (Lipinski definition) is 0. The van der Waals surface area contributed by atoms with E-state index < -0.39 is 0 Å². The summed E-state index contributed by atoms with van der Waals surface area (Å²) in [7, 11) is 0. The molecule has 3 rings (SSSR count). The van der Waals surface area contributed by atoms with Crippen LogP contribution in [0.1, 0.15) is 16.6 Å². The van der Waals surface area contributed by atoms with Crippen LogP contribution in [0.2, 0.25) is 10.0 Å². The molecule has 1 heterocycles. The third-order valence-electron chi connectivity index (χ3n) is 3.36. The number of halogens is 3. The van der Waals surface area contributed by atoms with Crippen LogP contribution in [0.4, 0.5) is 0 Å². The highest BCUT2D eigenvalue weighted by atomic mass is 35.5. The molecule has 0 saturated heterocycles. The number of rotatable bonds is 3. The second-order valence-electron chi connectivity index (χ2n) is 4.80. The Hall–Kier alpha value is -1.28. The van der Waals surface area contributed by atoms with Gasteiger partial charge < -0.3 is 0 Å². The molecule has 0 aliphatic rings. The van der Waals surface area contributed by atoms with Gasteiger partial charge in [0.05, 0.1) is 10.9 Å². The lowest BCUT2D eigenvalue weighted by molar-refractivity contribution is 0.888. The maximum absolute atomic E-state index is 6.49. The van der Waals surface area contributed by atoms with E-state index in [2.05, 4.69) is 11.1 Å². The maximum atomic E-state index is 6.49. The molecule has 0 aliphatic heterocycles. The normalized spacial score (nSPS) is 12.5. The summed E-state index contributed by atoms with van der Waals surface area (Å²) in [5, 5.41) is 1.98. The lowest BCUT2D eigenvalue weighted by atomic mass is 10.1. The van der Waals surface area contributed by atoms with Crippen LogP contribution in [0.3, 0.4) is 0 Å². The van der Waals surface area contributed by atoms with E-state index in [1.54, 1.807) is 12.1 Å². The Balaban J connectivity index is 1.91. The van der Waals surface area contributed by atoms with Crippen molar-refractivity contribution in [1.82, 2.24) is 4.98 Å². The highest BCUT2D eigenvalue weighted by Gasteiger charge is 2.16. The quantitative estimate of drug-likeness (QED) is 0.529. The van der Waals surface area contributed by atoms with E-state index in [4.69, 9.17) is 34.8 Å². The average molecular weight is 337 g/mol. The molecule has 0 amide bonds. The van der Waals surface area contributed by atoms with E-state index in [1.807, 2.05) is 36.4 Å². The second-order valence-corrected chi connectivity index (χ2v) is 6.14. The summed E-state index contributed by atoms with van der Waals surface area (Å²) in [4.78, 5) is 4.63. The summed E-state index contributed by atoms with van der Waals surface area (Å²) in [6, 6.07) is 17.4. The number of aromatic nitrogens is 1. The third kappa shape index (κ3) is 3.16. The Morgan fingerprint density at radius 2 is 1.57 bits per heavy atom. The van der Waals surface area contributed by atoms with Crippen molar-refractivity contribution in [3.8, 4) is 0 Å². The topological polar surface area (TPSA) is 12.9 Å². The third-order valence-corrected chi connectivity index (χ3v) is 4.39. The molecule has 2 aromatic carbocycles. The molecule has 0 N–H and O–H groups in total. The van der Waals surface area contributed by atoms with Gasteiger partial charge in [-0.05, 0) is 24.3 Å². The predicted octanol–water partition coefficient (Wildman–Crippen LogP) is 6.06. The lowest BCUT2D eigenvalue weighted by Crippen LogP contribution is -2.00. The van der Waals surface area contributed by atoms with Gasteiger partial charge in [-0.2, -0.15) is 0 Å². The molecule has 0 aliphatic carbocycles. The minimum absolute atomic E-state index is 0.306. The fraction of sp³-hybridized carbons (Fsp3) is 0.118. The monoisotopic (exact) mass is 335 g/mol. The van der Waals surface area contributed by atoms with Crippen LogP contribution in [-0.4, -0.2) is 4.98 Å². The van der Waals surface area contributed by atoms with Crippen molar-refractivity contribution < 1.29 is 0 Å². The van der Waals surface area contributed by atoms with Crippen molar-refractivity contribution in [2.24, 2.45) is 0 Å². The summed E-state index contributed by atoms with van der Waals surface area (Å²) in [6.45, 7) is 0. The fourth-order valence-electron chi connectivity index (χ4n) is 2.32. The summed E-state index contributed by atoms with van der Waals surface area (Å²) >= 11 is 18.9. The van der Waals surface area contributed by atoms with Crippen LogP contribution in [-0.2, 0) is 6.42 Å². The Morgan fingerprint density at radius 3 is 2.33 bits per heavy atom. The highest BCUT2D eigenvalue weighted by molar-refractivity contribution is 6.37. The largest absolute Gasteiger partial charge is 0.253 e. The van der Waals surface area contributed by atoms with Crippen LogP contribution < -0.4 is 0 Å². The van der Waals surface area contributed by atoms with E-state index in [9.17, 15) is 0 Å². The number of nitrogens with zero attached hydrogens (tertiary/aromatic N) is 1. The number of para-hydroxylation sites is 1. The molecule has 0 bridgehead atoms. The smallest absolute Gasteiger partial charge is 0.0705 e. The molecule has 0 spiro atoms. The van der Waals surface area contributed by atoms with Gasteiger partial charge in [-0.3, -0.25) is 4.98 Å². The number of pyridine rings is 1. The first kappa shape index (κ1) is 14.6. The van der Waals surface area contributed by atoms with E-state index in [1.165, 1.54) is 0 Å². The fourth-order valence-corrected chi connectivity index (χ4v) is 3.48. The number of hydrogen-bond acceptors (Lipinski definition) is 1. The van der Waals surface area contributed by atoms with Crippen LogP contribution >= 0.6 is 34.8 Å². The van der Waals surface area contributed by atoms with Gasteiger partial charge in [-0.25, -0.2) is 0 Å². The van der Waals surface area contributed by atoms with Gasteiger partial charge in [0, 0.05) is 33.1 Å². The highest BCUT2D eigenvalue weighted by Crippen LogP contribution is 2.35. The van der Waals surface area contributed by atoms with E-state index >= 15 is 0 Å². The minimum Gasteiger partial charge on any atom is -0.253 e. The average Bonchev–Trinajstić information content (AvgIpc) is 2.47. The molecule has 21 heavy (non-hydrogen) atoms. The SMILES string of the molecule is Clc1cccc(Cl)c1C(Cl)Cc1ccc2ccccc2n1. The van der Waals surface area contributed by atoms with E-state index in [0.717, 1.165) is 22.2 Å². The predicted molar refractivity (Wildman–Crippen MR) is 90.5 cm³/mol. The molecule has 3 aromatic rings. The van der Waals surface area contributed by atoms with Gasteiger partial charge in [-0.1, -0.05) is 53.5 Å². The molecule has 4 heteroatoms. The van der Waals surface area contributed by atoms with Gasteiger partial charge in [0.2, 0.25) is 0 Å². The van der Waals surface area contributed by atoms with Gasteiger partial charge in [0.1, 0.15) is 0 Å². The molecule has 1 unspecified atom stereocenters. The standard InChI is InChI=1S/C17H12Cl3N/c18-13-5-3-6-14(19)17(13)15(20)10-12-9-8-11-4-1-2-7-16(11)21-12/h1-9,15H,10H2. The summed E-state index contributed by atoms with van der Waals surface area (Å²) in [5.74, 6) is 0. The van der Waals surface area contributed by atoms with Crippen LogP contribution in [0.5, 0.6) is 0 Å². The zero-order chi connectivity index (χ0) is 14.8. The van der Waals surface area contributed by atoms with Crippen molar-refractivity contribution in [2.75, 3.05) is 0 Å². The lowest BCUT2D eigenvalue weighted by Gasteiger charge is -2.13. The first-order valence-corrected chi connectivity index (χ1v) is 7.77. The van der Waals surface area contributed by atoms with E-state index in [0.29, 0.717) is 16.5 Å². The van der Waals surface area contributed by atoms with Crippen LogP contribution in [0, 0.1) is 0 Å². The van der Waals surface area contributed by atoms with Crippen molar-refractivity contribution in [3.05, 3.63) is 75.9 Å². The number of alkyl halides is 1. The van der Waals surface area contributed by atoms with Crippen molar-refractivity contribution in [2.45, 2.75) is 11.8 Å². The maximum Gasteiger partial charge on any atom is 0.0705 e. The summed E-state index contributed by atoms with van der Waals surface area (Å²) < 4.78 is 0. The van der Waals surface area contributed by atoms with Gasteiger partial charge in [0.15, 0.2) is 0 Å². The molecular weight excluding hydrogens is 325 g/mol. The molecule has 1 nitrogen and oxygen atoms in total. The molecule has 1 aromatic heterocycles. The number of fused-ring (bicyclic) bond motifs is 1. The molecule has 0 radical (unpaired) electrons. The molecule has 106 valence electrons. The zero-order valence-electron chi connectivity index (χ0n) is 11.1. The molecular formula is C17H12Cl3N. The zero-order valence-corrected chi connectivity index (χ0v) is 13.3. The first-order valence-electron chi connectivity index (χ1n) is 6.58. The van der Waals surface area contributed by atoms with Gasteiger partial charge in [0.25, 0.3) is 0 Å². The Labute approximate surface area is 138 Å². The molecule has 0 fully saturated rings. The molecule has 0 saturated carbocycles. The Kier molecular flexibility index (Phi) is 4.34. The van der Waals surface area contributed by atoms with Crippen LogP contribution in [0.15, 0.2) is 54.6 Å².